The van der Waals surface area contributed by atoms with Gasteiger partial charge in [0.2, 0.25) is 0 Å². The van der Waals surface area contributed by atoms with Gasteiger partial charge < -0.3 is 19.7 Å². The predicted octanol–water partition coefficient (Wildman–Crippen LogP) is 4.35. The minimum absolute atomic E-state index is 0.182. The Morgan fingerprint density at radius 2 is 1.96 bits per heavy atom. The van der Waals surface area contributed by atoms with E-state index in [9.17, 15) is 13.6 Å². The third-order valence-corrected chi connectivity index (χ3v) is 4.48. The van der Waals surface area contributed by atoms with Gasteiger partial charge >= 0.3 is 6.03 Å². The zero-order valence-electron chi connectivity index (χ0n) is 14.6. The molecule has 3 rings (SSSR count). The molecular formula is C19H20F2N2O3. The fourth-order valence-electron chi connectivity index (χ4n) is 3.21. The van der Waals surface area contributed by atoms with Crippen molar-refractivity contribution in [3.8, 4) is 11.5 Å². The molecule has 1 saturated heterocycles. The number of nitrogens with one attached hydrogen (secondary N) is 1. The molecular weight excluding hydrogens is 342 g/mol. The molecule has 0 aromatic heterocycles. The molecule has 1 aliphatic heterocycles. The average Bonchev–Trinajstić information content (AvgIpc) is 3.14. The number of halogens is 2. The second-order valence-corrected chi connectivity index (χ2v) is 6.01. The first kappa shape index (κ1) is 18.0. The second kappa shape index (κ2) is 7.59. The number of rotatable bonds is 4. The van der Waals surface area contributed by atoms with Crippen LogP contribution in [0.2, 0.25) is 0 Å². The van der Waals surface area contributed by atoms with Crippen molar-refractivity contribution in [3.05, 3.63) is 53.6 Å². The van der Waals surface area contributed by atoms with E-state index in [-0.39, 0.29) is 11.7 Å². The zero-order valence-corrected chi connectivity index (χ0v) is 14.6. The summed E-state index contributed by atoms with van der Waals surface area (Å²) in [4.78, 5) is 14.3. The van der Waals surface area contributed by atoms with E-state index in [2.05, 4.69) is 5.32 Å². The van der Waals surface area contributed by atoms with Gasteiger partial charge in [0, 0.05) is 18.2 Å². The lowest BCUT2D eigenvalue weighted by molar-refractivity contribution is 0.206. The van der Waals surface area contributed by atoms with Gasteiger partial charge in [-0.05, 0) is 43.2 Å². The van der Waals surface area contributed by atoms with Crippen LogP contribution in [0, 0.1) is 11.6 Å². The molecule has 0 saturated carbocycles. The van der Waals surface area contributed by atoms with Crippen LogP contribution in [0.1, 0.15) is 24.4 Å². The maximum absolute atomic E-state index is 13.8. The van der Waals surface area contributed by atoms with Crippen LogP contribution in [-0.4, -0.2) is 31.7 Å². The van der Waals surface area contributed by atoms with Gasteiger partial charge in [-0.25, -0.2) is 13.6 Å². The number of benzene rings is 2. The van der Waals surface area contributed by atoms with Gasteiger partial charge in [0.05, 0.1) is 25.9 Å². The summed E-state index contributed by atoms with van der Waals surface area (Å²) >= 11 is 0. The Bertz CT molecular complexity index is 813. The van der Waals surface area contributed by atoms with Crippen molar-refractivity contribution in [2.75, 3.05) is 26.1 Å². The summed E-state index contributed by atoms with van der Waals surface area (Å²) in [6, 6.07) is 7.63. The Morgan fingerprint density at radius 1 is 1.15 bits per heavy atom. The minimum atomic E-state index is -0.686. The highest BCUT2D eigenvalue weighted by Crippen LogP contribution is 2.39. The first-order valence-electron chi connectivity index (χ1n) is 8.28. The van der Waals surface area contributed by atoms with Crippen molar-refractivity contribution in [3.63, 3.8) is 0 Å². The number of methoxy groups -OCH3 is 2. The normalized spacial score (nSPS) is 16.5. The van der Waals surface area contributed by atoms with E-state index in [0.717, 1.165) is 36.6 Å². The standard InChI is InChI=1S/C19H20F2N2O3/c1-25-13-6-8-18(26-2)14(11-13)17-4-3-9-23(17)19(24)22-16-10-12(20)5-7-15(16)21/h5-8,10-11,17H,3-4,9H2,1-2H3,(H,22,24). The van der Waals surface area contributed by atoms with E-state index < -0.39 is 17.7 Å². The molecule has 26 heavy (non-hydrogen) atoms. The summed E-state index contributed by atoms with van der Waals surface area (Å²) in [7, 11) is 3.13. The highest BCUT2D eigenvalue weighted by Gasteiger charge is 2.32. The number of hydrogen-bond acceptors (Lipinski definition) is 3. The van der Waals surface area contributed by atoms with Crippen molar-refractivity contribution in [2.45, 2.75) is 18.9 Å². The molecule has 1 atom stereocenters. The lowest BCUT2D eigenvalue weighted by Gasteiger charge is -2.27. The molecule has 0 bridgehead atoms. The fourth-order valence-corrected chi connectivity index (χ4v) is 3.21. The number of nitrogens with zero attached hydrogens (tertiary/aromatic N) is 1. The van der Waals surface area contributed by atoms with Crippen LogP contribution in [0.4, 0.5) is 19.3 Å². The van der Waals surface area contributed by atoms with Gasteiger partial charge in [-0.15, -0.1) is 0 Å². The summed E-state index contributed by atoms with van der Waals surface area (Å²) in [5, 5.41) is 2.46. The van der Waals surface area contributed by atoms with E-state index in [4.69, 9.17) is 9.47 Å². The SMILES string of the molecule is COc1ccc(OC)c(C2CCCN2C(=O)Nc2cc(F)ccc2F)c1. The highest BCUT2D eigenvalue weighted by molar-refractivity contribution is 5.90. The molecule has 0 spiro atoms. The quantitative estimate of drug-likeness (QED) is 0.880. The lowest BCUT2D eigenvalue weighted by atomic mass is 10.0. The number of urea groups is 1. The fraction of sp³-hybridized carbons (Fsp3) is 0.316. The second-order valence-electron chi connectivity index (χ2n) is 6.01. The van der Waals surface area contributed by atoms with Crippen LogP contribution in [0.15, 0.2) is 36.4 Å². The molecule has 1 unspecified atom stereocenters. The van der Waals surface area contributed by atoms with Crippen molar-refractivity contribution in [2.24, 2.45) is 0 Å². The molecule has 2 amide bonds. The summed E-state index contributed by atoms with van der Waals surface area (Å²) < 4.78 is 37.8. The van der Waals surface area contributed by atoms with E-state index in [1.807, 2.05) is 6.07 Å². The van der Waals surface area contributed by atoms with Crippen LogP contribution >= 0.6 is 0 Å². The molecule has 5 nitrogen and oxygen atoms in total. The molecule has 0 radical (unpaired) electrons. The van der Waals surface area contributed by atoms with Gasteiger partial charge in [0.1, 0.15) is 23.1 Å². The summed E-state index contributed by atoms with van der Waals surface area (Å²) in [5.74, 6) is 0.000244. The van der Waals surface area contributed by atoms with Crippen molar-refractivity contribution < 1.29 is 23.0 Å². The summed E-state index contributed by atoms with van der Waals surface area (Å²) in [6.07, 6.45) is 1.53. The Morgan fingerprint density at radius 3 is 2.69 bits per heavy atom. The Hall–Kier alpha value is -2.83. The van der Waals surface area contributed by atoms with Crippen LogP contribution in [0.25, 0.3) is 0 Å². The minimum Gasteiger partial charge on any atom is -0.497 e. The van der Waals surface area contributed by atoms with E-state index in [1.165, 1.54) is 0 Å². The molecule has 1 fully saturated rings. The summed E-state index contributed by atoms with van der Waals surface area (Å²) in [6.45, 7) is 0.508. The van der Waals surface area contributed by atoms with Crippen LogP contribution in [0.3, 0.4) is 0 Å². The number of ether oxygens (including phenoxy) is 2. The molecule has 1 heterocycles. The maximum Gasteiger partial charge on any atom is 0.322 e. The monoisotopic (exact) mass is 362 g/mol. The number of carbonyl (C=O) groups is 1. The molecule has 138 valence electrons. The van der Waals surface area contributed by atoms with Gasteiger partial charge in [0.25, 0.3) is 0 Å². The number of likely N-dealkylation sites (tertiary alicyclic amines) is 1. The molecule has 7 heteroatoms. The molecule has 0 aliphatic carbocycles. The predicted molar refractivity (Wildman–Crippen MR) is 93.6 cm³/mol. The van der Waals surface area contributed by atoms with Gasteiger partial charge in [0.15, 0.2) is 0 Å². The topological polar surface area (TPSA) is 50.8 Å². The van der Waals surface area contributed by atoms with Crippen LogP contribution in [0.5, 0.6) is 11.5 Å². The van der Waals surface area contributed by atoms with Crippen molar-refractivity contribution in [1.82, 2.24) is 4.90 Å². The smallest absolute Gasteiger partial charge is 0.322 e. The average molecular weight is 362 g/mol. The largest absolute Gasteiger partial charge is 0.497 e. The van der Waals surface area contributed by atoms with Crippen LogP contribution in [-0.2, 0) is 0 Å². The third kappa shape index (κ3) is 3.56. The zero-order chi connectivity index (χ0) is 18.7. The van der Waals surface area contributed by atoms with Gasteiger partial charge in [-0.3, -0.25) is 0 Å². The third-order valence-electron chi connectivity index (χ3n) is 4.48. The molecule has 2 aromatic rings. The van der Waals surface area contributed by atoms with Crippen molar-refractivity contribution >= 4 is 11.7 Å². The number of hydrogen-bond donors (Lipinski definition) is 1. The molecule has 1 aliphatic rings. The van der Waals surface area contributed by atoms with E-state index >= 15 is 0 Å². The summed E-state index contributed by atoms with van der Waals surface area (Å²) in [5.41, 5.74) is 0.637. The number of carbonyl (C=O) groups excluding carboxylic acids is 1. The lowest BCUT2D eigenvalue weighted by Crippen LogP contribution is -2.34. The Kier molecular flexibility index (Phi) is 5.25. The van der Waals surface area contributed by atoms with Crippen molar-refractivity contribution in [1.29, 1.82) is 0 Å². The van der Waals surface area contributed by atoms with Crippen LogP contribution < -0.4 is 14.8 Å². The number of anilines is 1. The Labute approximate surface area is 150 Å². The van der Waals surface area contributed by atoms with Gasteiger partial charge in [-0.1, -0.05) is 0 Å². The first-order chi connectivity index (χ1) is 12.5. The first-order valence-corrected chi connectivity index (χ1v) is 8.28. The maximum atomic E-state index is 13.8. The van der Waals surface area contributed by atoms with Gasteiger partial charge in [-0.2, -0.15) is 0 Å². The highest BCUT2D eigenvalue weighted by atomic mass is 19.1. The van der Waals surface area contributed by atoms with E-state index in [0.29, 0.717) is 18.0 Å². The van der Waals surface area contributed by atoms with E-state index in [1.54, 1.807) is 31.3 Å². The molecule has 2 aromatic carbocycles. The Balaban J connectivity index is 1.86. The molecule has 1 N–H and O–H groups in total. The number of amides is 2.